The van der Waals surface area contributed by atoms with E-state index in [1.54, 1.807) is 4.90 Å². The summed E-state index contributed by atoms with van der Waals surface area (Å²) in [4.78, 5) is 26.6. The fourth-order valence-corrected chi connectivity index (χ4v) is 4.80. The van der Waals surface area contributed by atoms with Gasteiger partial charge in [0.25, 0.3) is 11.1 Å². The maximum absolute atomic E-state index is 12.4. The smallest absolute Gasteiger partial charge is 0.277 e. The van der Waals surface area contributed by atoms with Crippen LogP contribution in [0.4, 0.5) is 0 Å². The lowest BCUT2D eigenvalue weighted by atomic mass is 10.2. The Morgan fingerprint density at radius 1 is 1.15 bits per heavy atom. The van der Waals surface area contributed by atoms with E-state index in [0.29, 0.717) is 18.7 Å². The summed E-state index contributed by atoms with van der Waals surface area (Å²) in [5.41, 5.74) is 0.293. The zero-order chi connectivity index (χ0) is 24.2. The number of nitrogens with zero attached hydrogens (tertiary/aromatic N) is 4. The molecule has 0 bridgehead atoms. The first-order valence-corrected chi connectivity index (χ1v) is 12.7. The average molecular weight is 498 g/mol. The van der Waals surface area contributed by atoms with Crippen LogP contribution in [0.5, 0.6) is 0 Å². The summed E-state index contributed by atoms with van der Waals surface area (Å²) < 4.78 is 36.4. The van der Waals surface area contributed by atoms with Crippen molar-refractivity contribution < 1.29 is 27.2 Å². The minimum atomic E-state index is -3.56. The standard InChI is InChI=1S/C20H27N5O6S2/c1-13-10-25(11-14(2)30-13)18(26)12-32-20-23-22-17(31-20)9-21-19(27)15-5-7-16(8-6-15)33(28,29)24(3)4/h5-8,13-14H,9-12H2,1-4H3,(H,21,27)/t13-,14+. The van der Waals surface area contributed by atoms with Crippen molar-refractivity contribution in [2.75, 3.05) is 32.9 Å². The lowest BCUT2D eigenvalue weighted by molar-refractivity contribution is -0.140. The number of hydrogen-bond acceptors (Lipinski definition) is 9. The van der Waals surface area contributed by atoms with Crippen LogP contribution in [-0.4, -0.2) is 84.8 Å². The SMILES string of the molecule is C[C@@H]1CN(C(=O)CSc2nnc(CNC(=O)c3ccc(S(=O)(=O)N(C)C)cc3)o2)C[C@H](C)O1. The monoisotopic (exact) mass is 497 g/mol. The van der Waals surface area contributed by atoms with Gasteiger partial charge in [-0.05, 0) is 38.1 Å². The average Bonchev–Trinajstić information content (AvgIpc) is 3.23. The number of aromatic nitrogens is 2. The highest BCUT2D eigenvalue weighted by molar-refractivity contribution is 7.99. The van der Waals surface area contributed by atoms with E-state index >= 15 is 0 Å². The molecular weight excluding hydrogens is 470 g/mol. The predicted molar refractivity (Wildman–Crippen MR) is 120 cm³/mol. The van der Waals surface area contributed by atoms with Crippen molar-refractivity contribution in [1.29, 1.82) is 0 Å². The normalized spacial score (nSPS) is 19.0. The van der Waals surface area contributed by atoms with Crippen LogP contribution < -0.4 is 5.32 Å². The second-order valence-corrected chi connectivity index (χ2v) is 10.9. The van der Waals surface area contributed by atoms with Gasteiger partial charge in [-0.15, -0.1) is 10.2 Å². The van der Waals surface area contributed by atoms with Gasteiger partial charge >= 0.3 is 0 Å². The summed E-state index contributed by atoms with van der Waals surface area (Å²) in [5.74, 6) is -0.0919. The van der Waals surface area contributed by atoms with E-state index in [1.807, 2.05) is 13.8 Å². The van der Waals surface area contributed by atoms with Gasteiger partial charge in [-0.1, -0.05) is 11.8 Å². The maximum Gasteiger partial charge on any atom is 0.277 e. The quantitative estimate of drug-likeness (QED) is 0.529. The van der Waals surface area contributed by atoms with Crippen LogP contribution in [0.3, 0.4) is 0 Å². The Morgan fingerprint density at radius 2 is 1.79 bits per heavy atom. The molecule has 2 aromatic rings. The van der Waals surface area contributed by atoms with Crippen LogP contribution in [-0.2, 0) is 26.1 Å². The first kappa shape index (κ1) is 25.1. The Labute approximate surface area is 196 Å². The molecule has 0 spiro atoms. The molecule has 0 aliphatic carbocycles. The van der Waals surface area contributed by atoms with Crippen LogP contribution in [0.1, 0.15) is 30.1 Å². The summed E-state index contributed by atoms with van der Waals surface area (Å²) in [6.07, 6.45) is -0.00943. The third kappa shape index (κ3) is 6.53. The molecule has 0 radical (unpaired) electrons. The van der Waals surface area contributed by atoms with Crippen LogP contribution in [0.15, 0.2) is 38.8 Å². The second kappa shape index (κ2) is 10.6. The van der Waals surface area contributed by atoms with Crippen LogP contribution in [0.25, 0.3) is 0 Å². The molecule has 1 N–H and O–H groups in total. The number of rotatable bonds is 8. The molecule has 1 fully saturated rings. The fraction of sp³-hybridized carbons (Fsp3) is 0.500. The number of hydrogen-bond donors (Lipinski definition) is 1. The van der Waals surface area contributed by atoms with Crippen molar-refractivity contribution in [2.45, 2.75) is 42.7 Å². The topological polar surface area (TPSA) is 135 Å². The number of carbonyl (C=O) groups excluding carboxylic acids is 2. The lowest BCUT2D eigenvalue weighted by Crippen LogP contribution is -2.48. The van der Waals surface area contributed by atoms with Crippen LogP contribution >= 0.6 is 11.8 Å². The van der Waals surface area contributed by atoms with Crippen LogP contribution in [0, 0.1) is 0 Å². The highest BCUT2D eigenvalue weighted by Gasteiger charge is 2.26. The Bertz CT molecular complexity index is 1080. The van der Waals surface area contributed by atoms with Crippen molar-refractivity contribution in [3.63, 3.8) is 0 Å². The van der Waals surface area contributed by atoms with Crippen molar-refractivity contribution in [1.82, 2.24) is 24.7 Å². The van der Waals surface area contributed by atoms with E-state index in [4.69, 9.17) is 9.15 Å². The Balaban J connectivity index is 1.48. The van der Waals surface area contributed by atoms with Gasteiger partial charge in [0.15, 0.2) is 0 Å². The summed E-state index contributed by atoms with van der Waals surface area (Å²) in [6.45, 7) is 4.96. The first-order chi connectivity index (χ1) is 15.6. The summed E-state index contributed by atoms with van der Waals surface area (Å²) in [6, 6.07) is 5.61. The minimum absolute atomic E-state index is 0.00339. The zero-order valence-electron chi connectivity index (χ0n) is 18.8. The van der Waals surface area contributed by atoms with Gasteiger partial charge in [-0.2, -0.15) is 0 Å². The molecule has 11 nitrogen and oxygen atoms in total. The first-order valence-electron chi connectivity index (χ1n) is 10.3. The molecule has 2 amide bonds. The number of nitrogens with one attached hydrogen (secondary N) is 1. The molecule has 1 aromatic heterocycles. The molecule has 2 heterocycles. The number of thioether (sulfide) groups is 1. The molecule has 2 atom stereocenters. The van der Waals surface area contributed by atoms with E-state index in [0.717, 1.165) is 16.1 Å². The molecule has 13 heteroatoms. The number of benzene rings is 1. The van der Waals surface area contributed by atoms with Gasteiger partial charge in [0.05, 0.1) is 29.4 Å². The number of morpholine rings is 1. The molecule has 1 saturated heterocycles. The van der Waals surface area contributed by atoms with Crippen LogP contribution in [0.2, 0.25) is 0 Å². The Morgan fingerprint density at radius 3 is 2.39 bits per heavy atom. The highest BCUT2D eigenvalue weighted by atomic mass is 32.2. The van der Waals surface area contributed by atoms with E-state index in [1.165, 1.54) is 38.4 Å². The van der Waals surface area contributed by atoms with Gasteiger partial charge in [-0.25, -0.2) is 12.7 Å². The lowest BCUT2D eigenvalue weighted by Gasteiger charge is -2.35. The minimum Gasteiger partial charge on any atom is -0.414 e. The van der Waals surface area contributed by atoms with Gasteiger partial charge < -0.3 is 19.4 Å². The summed E-state index contributed by atoms with van der Waals surface area (Å²) in [7, 11) is -0.690. The molecule has 0 unspecified atom stereocenters. The molecule has 0 saturated carbocycles. The molecule has 180 valence electrons. The second-order valence-electron chi connectivity index (χ2n) is 7.80. The Kier molecular flexibility index (Phi) is 8.10. The van der Waals surface area contributed by atoms with Crippen molar-refractivity contribution in [3.05, 3.63) is 35.7 Å². The zero-order valence-corrected chi connectivity index (χ0v) is 20.5. The van der Waals surface area contributed by atoms with Gasteiger partial charge in [-0.3, -0.25) is 9.59 Å². The van der Waals surface area contributed by atoms with Gasteiger partial charge in [0.2, 0.25) is 21.8 Å². The molecule has 1 aliphatic rings. The molecular formula is C20H27N5O6S2. The van der Waals surface area contributed by atoms with Crippen molar-refractivity contribution in [3.8, 4) is 0 Å². The Hall–Kier alpha value is -2.48. The summed E-state index contributed by atoms with van der Waals surface area (Å²) in [5, 5.41) is 10.7. The van der Waals surface area contributed by atoms with E-state index < -0.39 is 15.9 Å². The van der Waals surface area contributed by atoms with Gasteiger partial charge in [0, 0.05) is 32.7 Å². The van der Waals surface area contributed by atoms with E-state index in [-0.39, 0.29) is 46.4 Å². The number of carbonyl (C=O) groups is 2. The van der Waals surface area contributed by atoms with E-state index in [9.17, 15) is 18.0 Å². The van der Waals surface area contributed by atoms with Crippen molar-refractivity contribution >= 4 is 33.6 Å². The number of amides is 2. The maximum atomic E-state index is 12.4. The summed E-state index contributed by atoms with van der Waals surface area (Å²) >= 11 is 1.14. The third-order valence-electron chi connectivity index (χ3n) is 4.83. The number of sulfonamides is 1. The molecule has 33 heavy (non-hydrogen) atoms. The van der Waals surface area contributed by atoms with Gasteiger partial charge in [0.1, 0.15) is 0 Å². The predicted octanol–water partition coefficient (Wildman–Crippen LogP) is 0.978. The largest absolute Gasteiger partial charge is 0.414 e. The third-order valence-corrected chi connectivity index (χ3v) is 7.47. The molecule has 3 rings (SSSR count). The molecule has 1 aromatic carbocycles. The molecule has 1 aliphatic heterocycles. The van der Waals surface area contributed by atoms with Crippen molar-refractivity contribution in [2.24, 2.45) is 0 Å². The fourth-order valence-electron chi connectivity index (χ4n) is 3.21. The highest BCUT2D eigenvalue weighted by Crippen LogP contribution is 2.19. The van der Waals surface area contributed by atoms with E-state index in [2.05, 4.69) is 15.5 Å². The number of ether oxygens (including phenoxy) is 1.